The molecule has 2 N–H and O–H groups in total. The van der Waals surface area contributed by atoms with Crippen LogP contribution in [0.25, 0.3) is 0 Å². The Labute approximate surface area is 103 Å². The van der Waals surface area contributed by atoms with Gasteiger partial charge < -0.3 is 10.4 Å². The molecule has 1 fully saturated rings. The van der Waals surface area contributed by atoms with Crippen molar-refractivity contribution in [2.75, 3.05) is 13.1 Å². The van der Waals surface area contributed by atoms with Crippen LogP contribution in [0.1, 0.15) is 24.8 Å². The predicted octanol–water partition coefficient (Wildman–Crippen LogP) is 2.55. The molecule has 2 nitrogen and oxygen atoms in total. The van der Waals surface area contributed by atoms with Crippen molar-refractivity contribution in [1.82, 2.24) is 5.32 Å². The molecular formula is C12H15BrFNO. The number of benzene rings is 1. The molecule has 0 aromatic heterocycles. The first-order valence-corrected chi connectivity index (χ1v) is 6.30. The van der Waals surface area contributed by atoms with Crippen LogP contribution in [-0.2, 0) is 5.60 Å². The highest BCUT2D eigenvalue weighted by molar-refractivity contribution is 9.10. The van der Waals surface area contributed by atoms with E-state index < -0.39 is 5.60 Å². The minimum Gasteiger partial charge on any atom is -0.385 e. The summed E-state index contributed by atoms with van der Waals surface area (Å²) in [6.45, 7) is 1.61. The zero-order valence-corrected chi connectivity index (χ0v) is 10.6. The molecule has 1 unspecified atom stereocenters. The Kier molecular flexibility index (Phi) is 3.62. The van der Waals surface area contributed by atoms with Crippen LogP contribution < -0.4 is 5.32 Å². The summed E-state index contributed by atoms with van der Waals surface area (Å²) >= 11 is 3.31. The summed E-state index contributed by atoms with van der Waals surface area (Å²) in [7, 11) is 0. The summed E-state index contributed by atoms with van der Waals surface area (Å²) in [6, 6.07) is 4.73. The van der Waals surface area contributed by atoms with E-state index in [-0.39, 0.29) is 5.82 Å². The van der Waals surface area contributed by atoms with Crippen LogP contribution in [-0.4, -0.2) is 18.2 Å². The van der Waals surface area contributed by atoms with Gasteiger partial charge >= 0.3 is 0 Å². The lowest BCUT2D eigenvalue weighted by molar-refractivity contribution is 0.0205. The van der Waals surface area contributed by atoms with Crippen LogP contribution >= 0.6 is 15.9 Å². The number of hydrogen-bond donors (Lipinski definition) is 2. The summed E-state index contributed by atoms with van der Waals surface area (Å²) in [6.07, 6.45) is 2.02. The van der Waals surface area contributed by atoms with Crippen LogP contribution in [0.2, 0.25) is 0 Å². The monoisotopic (exact) mass is 287 g/mol. The quantitative estimate of drug-likeness (QED) is 0.832. The molecule has 0 saturated carbocycles. The highest BCUT2D eigenvalue weighted by atomic mass is 79.9. The van der Waals surface area contributed by atoms with Gasteiger partial charge in [0.05, 0.1) is 5.60 Å². The molecule has 1 aromatic carbocycles. The molecule has 16 heavy (non-hydrogen) atoms. The summed E-state index contributed by atoms with van der Waals surface area (Å²) in [5.74, 6) is -0.326. The van der Waals surface area contributed by atoms with Crippen molar-refractivity contribution < 1.29 is 9.50 Å². The fraction of sp³-hybridized carbons (Fsp3) is 0.500. The van der Waals surface area contributed by atoms with Crippen molar-refractivity contribution >= 4 is 15.9 Å². The third-order valence-electron chi connectivity index (χ3n) is 3.09. The molecule has 88 valence electrons. The van der Waals surface area contributed by atoms with Crippen molar-refractivity contribution in [2.24, 2.45) is 0 Å². The van der Waals surface area contributed by atoms with Gasteiger partial charge in [0.15, 0.2) is 0 Å². The maximum absolute atomic E-state index is 13.7. The highest BCUT2D eigenvalue weighted by Gasteiger charge is 2.32. The summed E-state index contributed by atoms with van der Waals surface area (Å²) in [4.78, 5) is 0. The van der Waals surface area contributed by atoms with Gasteiger partial charge in [-0.25, -0.2) is 4.39 Å². The molecule has 1 aliphatic heterocycles. The molecule has 2 rings (SSSR count). The van der Waals surface area contributed by atoms with Crippen LogP contribution in [0.3, 0.4) is 0 Å². The fourth-order valence-electron chi connectivity index (χ4n) is 2.17. The lowest BCUT2D eigenvalue weighted by Gasteiger charge is -2.27. The normalized spacial score (nSPS) is 26.4. The van der Waals surface area contributed by atoms with E-state index in [0.717, 1.165) is 24.0 Å². The minimum atomic E-state index is -1.03. The number of aliphatic hydroxyl groups is 1. The zero-order valence-electron chi connectivity index (χ0n) is 8.97. The summed E-state index contributed by atoms with van der Waals surface area (Å²) in [5, 5.41) is 13.7. The van der Waals surface area contributed by atoms with E-state index in [2.05, 4.69) is 21.2 Å². The molecule has 1 saturated heterocycles. The molecule has 4 heteroatoms. The van der Waals surface area contributed by atoms with Crippen molar-refractivity contribution in [3.05, 3.63) is 34.1 Å². The molecule has 1 atom stereocenters. The maximum Gasteiger partial charge on any atom is 0.129 e. The Hall–Kier alpha value is -0.450. The first-order valence-electron chi connectivity index (χ1n) is 5.50. The largest absolute Gasteiger partial charge is 0.385 e. The Morgan fingerprint density at radius 2 is 2.12 bits per heavy atom. The van der Waals surface area contributed by atoms with Gasteiger partial charge in [-0.1, -0.05) is 15.9 Å². The van der Waals surface area contributed by atoms with Gasteiger partial charge in [0, 0.05) is 10.0 Å². The lowest BCUT2D eigenvalue weighted by Crippen LogP contribution is -2.28. The lowest BCUT2D eigenvalue weighted by atomic mass is 9.86. The third kappa shape index (κ3) is 2.44. The highest BCUT2D eigenvalue weighted by Crippen LogP contribution is 2.34. The van der Waals surface area contributed by atoms with E-state index in [1.807, 2.05) is 0 Å². The van der Waals surface area contributed by atoms with E-state index in [0.29, 0.717) is 18.4 Å². The number of hydrogen-bond acceptors (Lipinski definition) is 2. The van der Waals surface area contributed by atoms with Crippen molar-refractivity contribution in [3.8, 4) is 0 Å². The molecule has 0 amide bonds. The second kappa shape index (κ2) is 4.82. The van der Waals surface area contributed by atoms with Crippen molar-refractivity contribution in [3.63, 3.8) is 0 Å². The van der Waals surface area contributed by atoms with Gasteiger partial charge in [0.25, 0.3) is 0 Å². The summed E-state index contributed by atoms with van der Waals surface area (Å²) < 4.78 is 14.5. The second-order valence-corrected chi connectivity index (χ2v) is 5.17. The van der Waals surface area contributed by atoms with Gasteiger partial charge in [0.1, 0.15) is 5.82 Å². The third-order valence-corrected chi connectivity index (χ3v) is 3.58. The minimum absolute atomic E-state index is 0.326. The topological polar surface area (TPSA) is 32.3 Å². The molecule has 0 bridgehead atoms. The zero-order chi connectivity index (χ0) is 11.6. The van der Waals surface area contributed by atoms with Gasteiger partial charge in [-0.2, -0.15) is 0 Å². The smallest absolute Gasteiger partial charge is 0.129 e. The molecule has 0 spiro atoms. The average molecular weight is 288 g/mol. The second-order valence-electron chi connectivity index (χ2n) is 4.26. The first-order chi connectivity index (χ1) is 7.62. The van der Waals surface area contributed by atoms with E-state index in [1.165, 1.54) is 6.07 Å². The van der Waals surface area contributed by atoms with Gasteiger partial charge in [-0.05, 0) is 50.6 Å². The van der Waals surface area contributed by atoms with E-state index in [4.69, 9.17) is 0 Å². The summed E-state index contributed by atoms with van der Waals surface area (Å²) in [5.41, 5.74) is -0.622. The maximum atomic E-state index is 13.7. The molecule has 0 radical (unpaired) electrons. The van der Waals surface area contributed by atoms with Gasteiger partial charge in [-0.3, -0.25) is 0 Å². The Bertz CT molecular complexity index is 375. The van der Waals surface area contributed by atoms with Crippen molar-refractivity contribution in [2.45, 2.75) is 24.9 Å². The van der Waals surface area contributed by atoms with Gasteiger partial charge in [0.2, 0.25) is 0 Å². The fourth-order valence-corrected chi connectivity index (χ4v) is 2.54. The van der Waals surface area contributed by atoms with E-state index in [1.54, 1.807) is 12.1 Å². The van der Waals surface area contributed by atoms with Crippen LogP contribution in [0.4, 0.5) is 4.39 Å². The van der Waals surface area contributed by atoms with Crippen LogP contribution in [0.15, 0.2) is 22.7 Å². The number of nitrogens with one attached hydrogen (secondary N) is 1. The van der Waals surface area contributed by atoms with E-state index >= 15 is 0 Å². The Balaban J connectivity index is 2.36. The molecule has 0 aliphatic carbocycles. The van der Waals surface area contributed by atoms with Gasteiger partial charge in [-0.15, -0.1) is 0 Å². The van der Waals surface area contributed by atoms with E-state index in [9.17, 15) is 9.50 Å². The first kappa shape index (κ1) is 12.0. The number of rotatable bonds is 1. The number of halogens is 2. The molecular weight excluding hydrogens is 273 g/mol. The van der Waals surface area contributed by atoms with Crippen LogP contribution in [0.5, 0.6) is 0 Å². The Morgan fingerprint density at radius 1 is 1.31 bits per heavy atom. The van der Waals surface area contributed by atoms with Crippen molar-refractivity contribution in [1.29, 1.82) is 0 Å². The predicted molar refractivity (Wildman–Crippen MR) is 64.7 cm³/mol. The standard InChI is InChI=1S/C12H15BrFNO/c13-9-2-3-11(14)10(8-9)12(16)4-1-6-15-7-5-12/h2-3,8,15-16H,1,4-7H2. The molecule has 1 heterocycles. The molecule has 1 aromatic rings. The molecule has 1 aliphatic rings. The SMILES string of the molecule is OC1(c2cc(Br)ccc2F)CCCNCC1. The van der Waals surface area contributed by atoms with Crippen LogP contribution in [0, 0.1) is 5.82 Å². The Morgan fingerprint density at radius 3 is 2.94 bits per heavy atom. The average Bonchev–Trinajstić information content (AvgIpc) is 2.48.